The van der Waals surface area contributed by atoms with Crippen LogP contribution in [0.2, 0.25) is 0 Å². The Morgan fingerprint density at radius 2 is 1.10 bits per heavy atom. The summed E-state index contributed by atoms with van der Waals surface area (Å²) in [6.07, 6.45) is 6.61. The third kappa shape index (κ3) is 15.9. The highest BCUT2D eigenvalue weighted by Crippen LogP contribution is 2.23. The fraction of sp³-hybridized carbons (Fsp3) is 0.447. The molecule has 0 atom stereocenters. The number of nitrogens with one attached hydrogen (secondary N) is 4. The van der Waals surface area contributed by atoms with E-state index in [0.717, 1.165) is 18.5 Å². The molecule has 0 aromatic carbocycles. The number of pyridine rings is 2. The van der Waals surface area contributed by atoms with Crippen molar-refractivity contribution in [2.45, 2.75) is 119 Å². The molecule has 0 unspecified atom stereocenters. The average molecular weight is 999 g/mol. The van der Waals surface area contributed by atoms with Crippen LogP contribution in [-0.2, 0) is 35.7 Å². The maximum Gasteiger partial charge on any atom is 0.407 e. The quantitative estimate of drug-likeness (QED) is 0.0485. The summed E-state index contributed by atoms with van der Waals surface area (Å²) in [5, 5.41) is 26.6. The number of nitrogens with two attached hydrogens (primary N) is 2. The fourth-order valence-corrected chi connectivity index (χ4v) is 6.76. The number of aromatic nitrogens is 10. The van der Waals surface area contributed by atoms with Gasteiger partial charge in [-0.25, -0.2) is 29.5 Å². The molecule has 388 valence electrons. The van der Waals surface area contributed by atoms with E-state index >= 15 is 0 Å². The first kappa shape index (κ1) is 56.4. The largest absolute Gasteiger partial charge is 0.444 e. The predicted molar refractivity (Wildman–Crippen MR) is 268 cm³/mol. The van der Waals surface area contributed by atoms with E-state index in [2.05, 4.69) is 51.4 Å². The molecule has 0 radical (unpaired) electrons. The molecule has 0 aliphatic heterocycles. The molecule has 9 N–H and O–H groups in total. The smallest absolute Gasteiger partial charge is 0.407 e. The number of anilines is 2. The molecule has 25 heteroatoms. The predicted octanol–water partition coefficient (Wildman–Crippen LogP) is 4.61. The molecular weight excluding hydrogens is 933 g/mol. The fourth-order valence-electron chi connectivity index (χ4n) is 6.76. The molecule has 0 aliphatic rings. The van der Waals surface area contributed by atoms with Crippen LogP contribution in [0.25, 0.3) is 22.3 Å². The molecule has 6 rings (SSSR count). The molecule has 72 heavy (non-hydrogen) atoms. The lowest BCUT2D eigenvalue weighted by Gasteiger charge is -2.19. The van der Waals surface area contributed by atoms with Crippen LogP contribution < -0.4 is 32.7 Å². The van der Waals surface area contributed by atoms with Crippen LogP contribution in [0.3, 0.4) is 0 Å². The number of imidazole rings is 2. The van der Waals surface area contributed by atoms with Crippen molar-refractivity contribution in [1.82, 2.24) is 59.3 Å². The second kappa shape index (κ2) is 25.1. The zero-order valence-corrected chi connectivity index (χ0v) is 42.6. The van der Waals surface area contributed by atoms with Crippen LogP contribution in [0, 0.1) is 13.8 Å². The molecule has 0 aliphatic carbocycles. The van der Waals surface area contributed by atoms with Crippen LogP contribution in [0.4, 0.5) is 21.5 Å². The third-order valence-electron chi connectivity index (χ3n) is 9.75. The average Bonchev–Trinajstić information content (AvgIpc) is 4.07. The standard InChI is InChI=1S/C23H32N8O4.C23H30N8O4.CH4O/c2*1-6-31-17(11-14(2)29-31)20(33)28-21-27-16-12-15(18(24)32)13-26-19(16)30(21)10-8-7-9-25-22(34)35-23(3,4)5;1-2/h11-13H,6-10H2,1-5H3,(H2,24,32)(H,25,34)(H,27,28,33);7-8,11-13H,6,9-10H2,1-5H3,(H2,24,32)(H,25,34)(H,27,28,33);2H,1H3/b;8-7+;. The van der Waals surface area contributed by atoms with Gasteiger partial charge in [0.15, 0.2) is 11.3 Å². The Morgan fingerprint density at radius 3 is 1.54 bits per heavy atom. The van der Waals surface area contributed by atoms with E-state index in [9.17, 15) is 28.8 Å². The highest BCUT2D eigenvalue weighted by molar-refractivity contribution is 6.04. The Hall–Kier alpha value is -8.22. The summed E-state index contributed by atoms with van der Waals surface area (Å²) in [7, 11) is 1.00. The number of aryl methyl sites for hydroxylation is 5. The first-order valence-electron chi connectivity index (χ1n) is 23.0. The Bertz CT molecular complexity index is 2920. The number of carbonyl (C=O) groups is 6. The van der Waals surface area contributed by atoms with Crippen LogP contribution in [0.1, 0.15) is 121 Å². The topological polar surface area (TPSA) is 338 Å². The number of fused-ring (bicyclic) bond motifs is 2. The number of aliphatic hydroxyl groups is 1. The molecule has 6 heterocycles. The Labute approximate surface area is 416 Å². The number of carbonyl (C=O) groups excluding carboxylic acids is 6. The van der Waals surface area contributed by atoms with Crippen molar-refractivity contribution in [3.05, 3.63) is 82.7 Å². The highest BCUT2D eigenvalue weighted by atomic mass is 16.6. The van der Waals surface area contributed by atoms with Gasteiger partial charge in [-0.15, -0.1) is 0 Å². The molecule has 0 spiro atoms. The lowest BCUT2D eigenvalue weighted by molar-refractivity contribution is 0.0518. The van der Waals surface area contributed by atoms with Crippen LogP contribution >= 0.6 is 0 Å². The summed E-state index contributed by atoms with van der Waals surface area (Å²) in [5.41, 5.74) is 14.1. The van der Waals surface area contributed by atoms with E-state index in [1.54, 1.807) is 90.4 Å². The van der Waals surface area contributed by atoms with Gasteiger partial charge in [-0.2, -0.15) is 10.2 Å². The van der Waals surface area contributed by atoms with Gasteiger partial charge in [0.05, 0.1) is 22.5 Å². The van der Waals surface area contributed by atoms with Crippen molar-refractivity contribution in [2.75, 3.05) is 30.8 Å². The number of rotatable bonds is 17. The molecule has 0 saturated carbocycles. The van der Waals surface area contributed by atoms with E-state index in [1.165, 1.54) is 18.5 Å². The first-order chi connectivity index (χ1) is 34.0. The lowest BCUT2D eigenvalue weighted by atomic mass is 10.2. The van der Waals surface area contributed by atoms with Gasteiger partial charge < -0.3 is 36.7 Å². The van der Waals surface area contributed by atoms with Gasteiger partial charge in [0.1, 0.15) is 33.6 Å². The maximum absolute atomic E-state index is 13.0. The number of hydrogen-bond donors (Lipinski definition) is 7. The van der Waals surface area contributed by atoms with Crippen molar-refractivity contribution in [3.63, 3.8) is 0 Å². The maximum atomic E-state index is 13.0. The number of nitrogens with zero attached hydrogens (tertiary/aromatic N) is 10. The van der Waals surface area contributed by atoms with Gasteiger partial charge in [-0.3, -0.25) is 48.3 Å². The van der Waals surface area contributed by atoms with Crippen molar-refractivity contribution in [1.29, 1.82) is 0 Å². The number of allylic oxidation sites excluding steroid dienone is 1. The van der Waals surface area contributed by atoms with Gasteiger partial charge in [-0.1, -0.05) is 12.2 Å². The number of alkyl carbamates (subject to hydrolysis) is 2. The van der Waals surface area contributed by atoms with E-state index in [-0.39, 0.29) is 42.0 Å². The minimum Gasteiger partial charge on any atom is -0.444 e. The molecule has 0 fully saturated rings. The van der Waals surface area contributed by atoms with Crippen molar-refractivity contribution in [2.24, 2.45) is 11.5 Å². The number of ether oxygens (including phenoxy) is 2. The summed E-state index contributed by atoms with van der Waals surface area (Å²) in [4.78, 5) is 90.4. The monoisotopic (exact) mass is 999 g/mol. The summed E-state index contributed by atoms with van der Waals surface area (Å²) in [6, 6.07) is 6.46. The van der Waals surface area contributed by atoms with E-state index in [0.29, 0.717) is 78.7 Å². The van der Waals surface area contributed by atoms with Crippen LogP contribution in [-0.4, -0.2) is 121 Å². The number of hydrogen-bond acceptors (Lipinski definition) is 15. The number of unbranched alkanes of at least 4 members (excludes halogenated alkanes) is 1. The Kier molecular flexibility index (Phi) is 19.6. The molecular formula is C47H66N16O9. The van der Waals surface area contributed by atoms with Gasteiger partial charge in [0.2, 0.25) is 23.7 Å². The number of aliphatic hydroxyl groups excluding tert-OH is 1. The first-order valence-corrected chi connectivity index (χ1v) is 23.0. The van der Waals surface area contributed by atoms with Gasteiger partial charge in [0, 0.05) is 58.8 Å². The Balaban J connectivity index is 0.000000302. The second-order valence-electron chi connectivity index (χ2n) is 17.9. The lowest BCUT2D eigenvalue weighted by Crippen LogP contribution is -2.33. The Morgan fingerprint density at radius 1 is 0.653 bits per heavy atom. The summed E-state index contributed by atoms with van der Waals surface area (Å²) in [5.74, 6) is -1.45. The van der Waals surface area contributed by atoms with Crippen molar-refractivity contribution in [3.8, 4) is 0 Å². The molecule has 0 bridgehead atoms. The van der Waals surface area contributed by atoms with Crippen molar-refractivity contribution < 1.29 is 43.3 Å². The van der Waals surface area contributed by atoms with E-state index in [4.69, 9.17) is 26.0 Å². The SMILES string of the molecule is CCn1nc(C)cc1C(=O)Nc1nc2cc(C(N)=O)cnc2n1C/C=C/CNC(=O)OC(C)(C)C.CCn1nc(C)cc1C(=O)Nc1nc2cc(C(N)=O)cnc2n1CCCCNC(=O)OC(C)(C)C.CO. The van der Waals surface area contributed by atoms with E-state index in [1.807, 2.05) is 27.7 Å². The molecule has 6 amide bonds. The van der Waals surface area contributed by atoms with Crippen LogP contribution in [0.15, 0.2) is 48.8 Å². The zero-order valence-electron chi connectivity index (χ0n) is 42.6. The van der Waals surface area contributed by atoms with Gasteiger partial charge in [-0.05, 0) is 106 Å². The summed E-state index contributed by atoms with van der Waals surface area (Å²) < 4.78 is 17.1. The number of primary amides is 2. The normalized spacial score (nSPS) is 11.3. The molecule has 6 aromatic rings. The summed E-state index contributed by atoms with van der Waals surface area (Å²) in [6.45, 7) is 20.7. The minimum atomic E-state index is -0.630. The van der Waals surface area contributed by atoms with E-state index < -0.39 is 35.2 Å². The van der Waals surface area contributed by atoms with Gasteiger partial charge in [0.25, 0.3) is 11.8 Å². The third-order valence-corrected chi connectivity index (χ3v) is 9.75. The molecule has 0 saturated heterocycles. The zero-order chi connectivity index (χ0) is 53.5. The summed E-state index contributed by atoms with van der Waals surface area (Å²) >= 11 is 0. The highest BCUT2D eigenvalue weighted by Gasteiger charge is 2.22. The second-order valence-corrected chi connectivity index (χ2v) is 17.9. The molecule has 6 aromatic heterocycles. The van der Waals surface area contributed by atoms with Crippen LogP contribution in [0.5, 0.6) is 0 Å². The number of amides is 6. The van der Waals surface area contributed by atoms with Crippen molar-refractivity contribution >= 4 is 70.0 Å². The van der Waals surface area contributed by atoms with Gasteiger partial charge >= 0.3 is 12.2 Å². The minimum absolute atomic E-state index is 0.205. The molecule has 25 nitrogen and oxygen atoms in total.